The Labute approximate surface area is 103 Å². The van der Waals surface area contributed by atoms with Crippen LogP contribution in [0.2, 0.25) is 0 Å². The van der Waals surface area contributed by atoms with Crippen molar-refractivity contribution in [3.63, 3.8) is 0 Å². The second-order valence-corrected chi connectivity index (χ2v) is 4.23. The summed E-state index contributed by atoms with van der Waals surface area (Å²) in [6.45, 7) is 5.40. The summed E-state index contributed by atoms with van der Waals surface area (Å²) in [6.07, 6.45) is 8.31. The van der Waals surface area contributed by atoms with Crippen molar-refractivity contribution in [2.45, 2.75) is 39.5 Å². The summed E-state index contributed by atoms with van der Waals surface area (Å²) in [5.74, 6) is 7.34. The molecule has 1 rings (SSSR count). The number of hydrazine groups is 1. The van der Waals surface area contributed by atoms with Crippen molar-refractivity contribution in [1.29, 1.82) is 0 Å². The van der Waals surface area contributed by atoms with Crippen molar-refractivity contribution in [3.05, 3.63) is 12.4 Å². The number of nitrogens with zero attached hydrogens (tertiary/aromatic N) is 2. The van der Waals surface area contributed by atoms with E-state index in [1.54, 1.807) is 12.4 Å². The topological polar surface area (TPSA) is 75.9 Å². The maximum Gasteiger partial charge on any atom is 0.160 e. The van der Waals surface area contributed by atoms with Gasteiger partial charge in [-0.3, -0.25) is 4.98 Å². The first-order valence-corrected chi connectivity index (χ1v) is 6.32. The van der Waals surface area contributed by atoms with Crippen LogP contribution in [0.3, 0.4) is 0 Å². The highest BCUT2D eigenvalue weighted by molar-refractivity contribution is 5.40. The van der Waals surface area contributed by atoms with Crippen LogP contribution in [0.4, 0.5) is 11.6 Å². The van der Waals surface area contributed by atoms with Gasteiger partial charge in [-0.05, 0) is 12.3 Å². The van der Waals surface area contributed by atoms with Crippen molar-refractivity contribution in [1.82, 2.24) is 9.97 Å². The maximum atomic E-state index is 5.29. The molecule has 5 heteroatoms. The molecule has 0 saturated heterocycles. The third-order valence-corrected chi connectivity index (χ3v) is 2.90. The van der Waals surface area contributed by atoms with Gasteiger partial charge in [0.15, 0.2) is 5.82 Å². The minimum Gasteiger partial charge on any atom is -0.368 e. The molecule has 0 aliphatic rings. The quantitative estimate of drug-likeness (QED) is 0.478. The highest BCUT2D eigenvalue weighted by Crippen LogP contribution is 2.14. The Morgan fingerprint density at radius 2 is 2.06 bits per heavy atom. The van der Waals surface area contributed by atoms with Crippen molar-refractivity contribution in [3.8, 4) is 0 Å². The van der Waals surface area contributed by atoms with E-state index in [2.05, 4.69) is 34.6 Å². The number of nitrogens with one attached hydrogen (secondary N) is 2. The lowest BCUT2D eigenvalue weighted by atomic mass is 9.99. The molecule has 4 N–H and O–H groups in total. The Morgan fingerprint density at radius 3 is 2.71 bits per heavy atom. The second-order valence-electron chi connectivity index (χ2n) is 4.23. The smallest absolute Gasteiger partial charge is 0.160 e. The van der Waals surface area contributed by atoms with Crippen LogP contribution in [-0.4, -0.2) is 16.5 Å². The number of nitrogens with two attached hydrogens (primary N) is 1. The Bertz CT molecular complexity index is 316. The largest absolute Gasteiger partial charge is 0.368 e. The average molecular weight is 237 g/mol. The maximum absolute atomic E-state index is 5.29. The van der Waals surface area contributed by atoms with E-state index in [1.807, 2.05) is 0 Å². The minimum absolute atomic E-state index is 0.580. The Hall–Kier alpha value is -1.36. The van der Waals surface area contributed by atoms with Crippen LogP contribution in [0.25, 0.3) is 0 Å². The van der Waals surface area contributed by atoms with Gasteiger partial charge in [0.05, 0.1) is 12.4 Å². The molecule has 0 aliphatic carbocycles. The van der Waals surface area contributed by atoms with E-state index in [4.69, 9.17) is 5.84 Å². The summed E-state index contributed by atoms with van der Waals surface area (Å²) in [4.78, 5) is 8.32. The summed E-state index contributed by atoms with van der Waals surface area (Å²) in [6, 6.07) is 0. The highest BCUT2D eigenvalue weighted by Gasteiger charge is 2.06. The van der Waals surface area contributed by atoms with Crippen LogP contribution in [-0.2, 0) is 0 Å². The van der Waals surface area contributed by atoms with Crippen molar-refractivity contribution < 1.29 is 0 Å². The van der Waals surface area contributed by atoms with E-state index in [1.165, 1.54) is 25.7 Å². The Balaban J connectivity index is 2.41. The van der Waals surface area contributed by atoms with Gasteiger partial charge in [0.25, 0.3) is 0 Å². The zero-order chi connectivity index (χ0) is 12.5. The summed E-state index contributed by atoms with van der Waals surface area (Å²) in [5, 5.41) is 3.31. The van der Waals surface area contributed by atoms with Gasteiger partial charge in [0.2, 0.25) is 0 Å². The van der Waals surface area contributed by atoms with E-state index < -0.39 is 0 Å². The molecule has 0 spiro atoms. The van der Waals surface area contributed by atoms with Gasteiger partial charge in [-0.1, -0.05) is 33.1 Å². The van der Waals surface area contributed by atoms with E-state index in [0.717, 1.165) is 12.4 Å². The lowest BCUT2D eigenvalue weighted by Crippen LogP contribution is -2.16. The fourth-order valence-electron chi connectivity index (χ4n) is 1.71. The summed E-state index contributed by atoms with van der Waals surface area (Å²) in [5.41, 5.74) is 2.49. The van der Waals surface area contributed by atoms with Gasteiger partial charge in [0, 0.05) is 6.54 Å². The third-order valence-electron chi connectivity index (χ3n) is 2.90. The fourth-order valence-corrected chi connectivity index (χ4v) is 1.71. The molecule has 5 nitrogen and oxygen atoms in total. The predicted molar refractivity (Wildman–Crippen MR) is 71.6 cm³/mol. The van der Waals surface area contributed by atoms with E-state index in [0.29, 0.717) is 11.7 Å². The molecule has 0 bridgehead atoms. The number of hydrogen-bond acceptors (Lipinski definition) is 5. The normalized spacial score (nSPS) is 12.2. The van der Waals surface area contributed by atoms with Gasteiger partial charge in [0.1, 0.15) is 5.82 Å². The number of aromatic nitrogens is 2. The number of nitrogen functional groups attached to an aromatic ring is 1. The lowest BCUT2D eigenvalue weighted by molar-refractivity contribution is 0.472. The van der Waals surface area contributed by atoms with E-state index in [-0.39, 0.29) is 0 Å². The molecule has 96 valence electrons. The van der Waals surface area contributed by atoms with Gasteiger partial charge in [-0.25, -0.2) is 10.8 Å². The average Bonchev–Trinajstić information content (AvgIpc) is 2.39. The molecular formula is C12H23N5. The first-order chi connectivity index (χ1) is 8.30. The van der Waals surface area contributed by atoms with Gasteiger partial charge < -0.3 is 10.7 Å². The van der Waals surface area contributed by atoms with Gasteiger partial charge in [-0.15, -0.1) is 0 Å². The summed E-state index contributed by atoms with van der Waals surface area (Å²) < 4.78 is 0. The zero-order valence-corrected chi connectivity index (χ0v) is 10.7. The number of rotatable bonds is 8. The molecule has 17 heavy (non-hydrogen) atoms. The molecule has 0 radical (unpaired) electrons. The zero-order valence-electron chi connectivity index (χ0n) is 10.7. The minimum atomic E-state index is 0.580. The fraction of sp³-hybridized carbons (Fsp3) is 0.667. The second kappa shape index (κ2) is 7.84. The van der Waals surface area contributed by atoms with Crippen LogP contribution >= 0.6 is 0 Å². The van der Waals surface area contributed by atoms with Crippen LogP contribution in [0.15, 0.2) is 12.4 Å². The number of hydrogen-bond donors (Lipinski definition) is 3. The molecule has 1 heterocycles. The van der Waals surface area contributed by atoms with Crippen LogP contribution in [0.1, 0.15) is 39.5 Å². The third kappa shape index (κ3) is 4.99. The number of anilines is 2. The monoisotopic (exact) mass is 237 g/mol. The molecule has 0 aliphatic heterocycles. The molecule has 1 aromatic heterocycles. The SMILES string of the molecule is CCCCC(CC)CNc1cncc(NN)n1. The van der Waals surface area contributed by atoms with Gasteiger partial charge >= 0.3 is 0 Å². The van der Waals surface area contributed by atoms with Gasteiger partial charge in [-0.2, -0.15) is 0 Å². The first-order valence-electron chi connectivity index (χ1n) is 6.32. The van der Waals surface area contributed by atoms with Crippen molar-refractivity contribution in [2.75, 3.05) is 17.3 Å². The van der Waals surface area contributed by atoms with Crippen molar-refractivity contribution >= 4 is 11.6 Å². The molecule has 0 aromatic carbocycles. The van der Waals surface area contributed by atoms with Crippen molar-refractivity contribution in [2.24, 2.45) is 11.8 Å². The first kappa shape index (κ1) is 13.7. The number of unbranched alkanes of at least 4 members (excludes halogenated alkanes) is 1. The lowest BCUT2D eigenvalue weighted by Gasteiger charge is -2.15. The van der Waals surface area contributed by atoms with E-state index >= 15 is 0 Å². The molecular weight excluding hydrogens is 214 g/mol. The van der Waals surface area contributed by atoms with Crippen LogP contribution < -0.4 is 16.6 Å². The summed E-state index contributed by atoms with van der Waals surface area (Å²) in [7, 11) is 0. The molecule has 0 fully saturated rings. The molecule has 1 aromatic rings. The van der Waals surface area contributed by atoms with Crippen LogP contribution in [0.5, 0.6) is 0 Å². The summed E-state index contributed by atoms with van der Waals surface area (Å²) >= 11 is 0. The highest BCUT2D eigenvalue weighted by atomic mass is 15.3. The van der Waals surface area contributed by atoms with Crippen LogP contribution in [0, 0.1) is 5.92 Å². The standard InChI is InChI=1S/C12H23N5/c1-3-5-6-10(4-2)7-15-11-8-14-9-12(16-11)17-13/h8-10H,3-7,13H2,1-2H3,(H2,15,16,17). The molecule has 1 unspecified atom stereocenters. The molecule has 0 saturated carbocycles. The Kier molecular flexibility index (Phi) is 6.32. The Morgan fingerprint density at radius 1 is 1.29 bits per heavy atom. The molecule has 1 atom stereocenters. The molecule has 0 amide bonds. The van der Waals surface area contributed by atoms with E-state index in [9.17, 15) is 0 Å². The predicted octanol–water partition coefficient (Wildman–Crippen LogP) is 2.39.